The van der Waals surface area contributed by atoms with Crippen LogP contribution in [0.3, 0.4) is 0 Å². The summed E-state index contributed by atoms with van der Waals surface area (Å²) in [6.45, 7) is 0. The smallest absolute Gasteiger partial charge is 0.135 e. The van der Waals surface area contributed by atoms with E-state index in [-0.39, 0.29) is 0 Å². The second-order valence-corrected chi connectivity index (χ2v) is 6.26. The summed E-state index contributed by atoms with van der Waals surface area (Å²) in [6.07, 6.45) is 4.43. The fourth-order valence-corrected chi connectivity index (χ4v) is 3.27. The monoisotopic (exact) mass is 345 g/mol. The number of hydrogen-bond acceptors (Lipinski definition) is 3. The summed E-state index contributed by atoms with van der Waals surface area (Å²) in [5, 5.41) is 6.54. The molecule has 0 aromatic carbocycles. The van der Waals surface area contributed by atoms with Gasteiger partial charge in [0, 0.05) is 4.88 Å². The van der Waals surface area contributed by atoms with Crippen LogP contribution in [0.15, 0.2) is 23.7 Å². The van der Waals surface area contributed by atoms with E-state index < -0.39 is 0 Å². The average molecular weight is 345 g/mol. The van der Waals surface area contributed by atoms with Gasteiger partial charge in [-0.1, -0.05) is 6.07 Å². The van der Waals surface area contributed by atoms with Gasteiger partial charge < -0.3 is 5.73 Å². The number of nitrogen functional groups attached to an aromatic ring is 1. The molecule has 2 heterocycles. The Morgan fingerprint density at radius 3 is 2.88 bits per heavy atom. The van der Waals surface area contributed by atoms with Crippen LogP contribution < -0.4 is 5.73 Å². The third-order valence-electron chi connectivity index (χ3n) is 2.95. The molecule has 2 aromatic heterocycles. The van der Waals surface area contributed by atoms with Crippen LogP contribution in [0, 0.1) is 9.49 Å². The molecule has 1 aliphatic rings. The molecule has 1 atom stereocenters. The Morgan fingerprint density at radius 1 is 1.56 bits per heavy atom. The minimum Gasteiger partial charge on any atom is -0.383 e. The molecular weight excluding hydrogens is 333 g/mol. The minimum atomic E-state index is 0.350. The first-order valence-corrected chi connectivity index (χ1v) is 7.25. The van der Waals surface area contributed by atoms with Gasteiger partial charge in [0.2, 0.25) is 0 Å². The molecule has 0 radical (unpaired) electrons. The van der Waals surface area contributed by atoms with Gasteiger partial charge in [0.1, 0.15) is 5.82 Å². The van der Waals surface area contributed by atoms with E-state index >= 15 is 0 Å². The molecule has 0 spiro atoms. The summed E-state index contributed by atoms with van der Waals surface area (Å²) in [4.78, 5) is 1.37. The molecule has 1 unspecified atom stereocenters. The molecule has 1 fully saturated rings. The number of halogens is 1. The highest BCUT2D eigenvalue weighted by Gasteiger charge is 2.35. The van der Waals surface area contributed by atoms with Crippen molar-refractivity contribution in [2.45, 2.75) is 18.9 Å². The van der Waals surface area contributed by atoms with Crippen LogP contribution in [-0.2, 0) is 0 Å². The lowest BCUT2D eigenvalue weighted by atomic mass is 10.1. The number of rotatable bonds is 3. The predicted molar refractivity (Wildman–Crippen MR) is 74.5 cm³/mol. The average Bonchev–Trinajstić information content (AvgIpc) is 2.87. The highest BCUT2D eigenvalue weighted by Crippen LogP contribution is 2.45. The van der Waals surface area contributed by atoms with Crippen LogP contribution in [0.1, 0.15) is 23.8 Å². The first-order chi connectivity index (χ1) is 7.77. The van der Waals surface area contributed by atoms with Crippen molar-refractivity contribution in [2.75, 3.05) is 5.73 Å². The number of nitrogens with zero attached hydrogens (tertiary/aromatic N) is 2. The van der Waals surface area contributed by atoms with E-state index in [1.165, 1.54) is 17.7 Å². The fraction of sp³-hybridized carbons (Fsp3) is 0.364. The highest BCUT2D eigenvalue weighted by atomic mass is 127. The van der Waals surface area contributed by atoms with Crippen molar-refractivity contribution in [3.63, 3.8) is 0 Å². The van der Waals surface area contributed by atoms with Crippen LogP contribution in [0.2, 0.25) is 0 Å². The lowest BCUT2D eigenvalue weighted by molar-refractivity contribution is 0.484. The topological polar surface area (TPSA) is 43.8 Å². The predicted octanol–water partition coefficient (Wildman–Crippen LogP) is 3.13. The van der Waals surface area contributed by atoms with Crippen molar-refractivity contribution in [2.24, 2.45) is 5.92 Å². The summed E-state index contributed by atoms with van der Waals surface area (Å²) >= 11 is 4.03. The maximum atomic E-state index is 6.07. The van der Waals surface area contributed by atoms with E-state index in [1.54, 1.807) is 11.3 Å². The van der Waals surface area contributed by atoms with E-state index in [0.29, 0.717) is 6.04 Å². The lowest BCUT2D eigenvalue weighted by Crippen LogP contribution is -2.15. The van der Waals surface area contributed by atoms with Gasteiger partial charge in [-0.2, -0.15) is 5.10 Å². The molecule has 0 saturated heterocycles. The summed E-state index contributed by atoms with van der Waals surface area (Å²) in [6, 6.07) is 4.63. The molecule has 84 valence electrons. The van der Waals surface area contributed by atoms with Crippen LogP contribution >= 0.6 is 33.9 Å². The molecule has 0 amide bonds. The summed E-state index contributed by atoms with van der Waals surface area (Å²) in [7, 11) is 0. The Balaban J connectivity index is 2.03. The number of anilines is 1. The van der Waals surface area contributed by atoms with E-state index in [4.69, 9.17) is 5.73 Å². The van der Waals surface area contributed by atoms with Gasteiger partial charge in [-0.3, -0.25) is 0 Å². The minimum absolute atomic E-state index is 0.350. The van der Waals surface area contributed by atoms with E-state index in [2.05, 4.69) is 45.2 Å². The van der Waals surface area contributed by atoms with Crippen molar-refractivity contribution < 1.29 is 0 Å². The fourth-order valence-electron chi connectivity index (χ4n) is 2.00. The molecule has 0 aliphatic heterocycles. The number of nitrogens with two attached hydrogens (primary N) is 1. The van der Waals surface area contributed by atoms with E-state index in [1.807, 2.05) is 10.9 Å². The third-order valence-corrected chi connectivity index (χ3v) is 4.73. The SMILES string of the molecule is Nc1c(I)cnn1C(c1cccs1)C1CC1. The molecule has 3 rings (SSSR count). The standard InChI is InChI=1S/C11H12IN3S/c12-8-6-14-15(11(8)13)10(7-3-4-7)9-2-1-5-16-9/h1-2,5-7,10H,3-4,13H2. The number of aromatic nitrogens is 2. The Bertz CT molecular complexity index is 487. The van der Waals surface area contributed by atoms with Crippen LogP contribution in [0.4, 0.5) is 5.82 Å². The highest BCUT2D eigenvalue weighted by molar-refractivity contribution is 14.1. The molecule has 3 nitrogen and oxygen atoms in total. The molecule has 1 aliphatic carbocycles. The van der Waals surface area contributed by atoms with Crippen LogP contribution in [-0.4, -0.2) is 9.78 Å². The number of thiophene rings is 1. The van der Waals surface area contributed by atoms with Gasteiger partial charge in [-0.15, -0.1) is 11.3 Å². The van der Waals surface area contributed by atoms with Crippen LogP contribution in [0.5, 0.6) is 0 Å². The van der Waals surface area contributed by atoms with Crippen molar-refractivity contribution in [1.29, 1.82) is 0 Å². The first-order valence-electron chi connectivity index (χ1n) is 5.29. The molecule has 16 heavy (non-hydrogen) atoms. The van der Waals surface area contributed by atoms with Gasteiger partial charge in [0.15, 0.2) is 0 Å². The zero-order valence-corrected chi connectivity index (χ0v) is 11.6. The molecule has 5 heteroatoms. The lowest BCUT2D eigenvalue weighted by Gasteiger charge is -2.16. The Labute approximate surface area is 112 Å². The second-order valence-electron chi connectivity index (χ2n) is 4.12. The van der Waals surface area contributed by atoms with Gasteiger partial charge in [-0.25, -0.2) is 4.68 Å². The van der Waals surface area contributed by atoms with Crippen molar-refractivity contribution in [1.82, 2.24) is 9.78 Å². The molecular formula is C11H12IN3S. The van der Waals surface area contributed by atoms with Gasteiger partial charge >= 0.3 is 0 Å². The normalized spacial score (nSPS) is 17.6. The number of hydrogen-bond donors (Lipinski definition) is 1. The van der Waals surface area contributed by atoms with Gasteiger partial charge in [-0.05, 0) is 52.8 Å². The van der Waals surface area contributed by atoms with Crippen molar-refractivity contribution >= 4 is 39.7 Å². The molecule has 0 bridgehead atoms. The third kappa shape index (κ3) is 1.75. The summed E-state index contributed by atoms with van der Waals surface area (Å²) in [5.74, 6) is 1.52. The largest absolute Gasteiger partial charge is 0.383 e. The zero-order chi connectivity index (χ0) is 11.1. The van der Waals surface area contributed by atoms with E-state index in [9.17, 15) is 0 Å². The Morgan fingerprint density at radius 2 is 2.38 bits per heavy atom. The van der Waals surface area contributed by atoms with Crippen molar-refractivity contribution in [3.8, 4) is 0 Å². The Hall–Kier alpha value is -0.560. The maximum absolute atomic E-state index is 6.07. The van der Waals surface area contributed by atoms with Crippen molar-refractivity contribution in [3.05, 3.63) is 32.2 Å². The Kier molecular flexibility index (Phi) is 2.67. The molecule has 1 saturated carbocycles. The van der Waals surface area contributed by atoms with Gasteiger partial charge in [0.05, 0.1) is 15.8 Å². The summed E-state index contributed by atoms with van der Waals surface area (Å²) in [5.41, 5.74) is 6.07. The summed E-state index contributed by atoms with van der Waals surface area (Å²) < 4.78 is 3.03. The quantitative estimate of drug-likeness (QED) is 0.869. The molecule has 2 N–H and O–H groups in total. The maximum Gasteiger partial charge on any atom is 0.135 e. The van der Waals surface area contributed by atoms with Gasteiger partial charge in [0.25, 0.3) is 0 Å². The van der Waals surface area contributed by atoms with Crippen LogP contribution in [0.25, 0.3) is 0 Å². The zero-order valence-electron chi connectivity index (χ0n) is 8.64. The second kappa shape index (κ2) is 4.03. The first kappa shape index (κ1) is 10.6. The molecule has 2 aromatic rings. The van der Waals surface area contributed by atoms with E-state index in [0.717, 1.165) is 15.3 Å².